The first-order chi connectivity index (χ1) is 9.35. The highest BCUT2D eigenvalue weighted by Gasteiger charge is 2.27. The zero-order valence-corrected chi connectivity index (χ0v) is 11.8. The van der Waals surface area contributed by atoms with E-state index in [9.17, 15) is 9.59 Å². The number of pyridine rings is 1. The number of urea groups is 1. The molecule has 2 amide bonds. The van der Waals surface area contributed by atoms with Crippen molar-refractivity contribution in [2.75, 3.05) is 13.7 Å². The molecule has 7 heteroatoms. The molecule has 0 fully saturated rings. The summed E-state index contributed by atoms with van der Waals surface area (Å²) in [4.78, 5) is 26.4. The van der Waals surface area contributed by atoms with Crippen LogP contribution >= 0.6 is 0 Å². The predicted molar refractivity (Wildman–Crippen MR) is 72.4 cm³/mol. The second kappa shape index (κ2) is 6.74. The number of nitrogens with one attached hydrogen (secondary N) is 2. The Bertz CT molecular complexity index is 471. The summed E-state index contributed by atoms with van der Waals surface area (Å²) in [6.07, 6.45) is 1.60. The second-order valence-electron chi connectivity index (χ2n) is 4.93. The number of carbonyl (C=O) groups is 2. The molecule has 1 heterocycles. The summed E-state index contributed by atoms with van der Waals surface area (Å²) < 4.78 is 4.93. The van der Waals surface area contributed by atoms with Crippen molar-refractivity contribution in [2.24, 2.45) is 5.41 Å². The quantitative estimate of drug-likeness (QED) is 0.722. The van der Waals surface area contributed by atoms with Gasteiger partial charge in [0.25, 0.3) is 0 Å². The molecule has 110 valence electrons. The van der Waals surface area contributed by atoms with Gasteiger partial charge in [-0.3, -0.25) is 4.79 Å². The molecule has 1 rings (SSSR count). The monoisotopic (exact) mass is 281 g/mol. The highest BCUT2D eigenvalue weighted by atomic mass is 16.5. The highest BCUT2D eigenvalue weighted by molar-refractivity contribution is 5.77. The molecule has 0 aliphatic heterocycles. The van der Waals surface area contributed by atoms with E-state index in [0.29, 0.717) is 12.4 Å². The molecule has 0 aliphatic carbocycles. The van der Waals surface area contributed by atoms with Crippen LogP contribution < -0.4 is 15.4 Å². The summed E-state index contributed by atoms with van der Waals surface area (Å²) in [5.41, 5.74) is -0.183. The summed E-state index contributed by atoms with van der Waals surface area (Å²) in [5.74, 6) is -0.460. The SMILES string of the molecule is COc1ccc(CNC(=O)NCC(C)(C)C(=O)O)cn1. The first-order valence-electron chi connectivity index (χ1n) is 6.09. The van der Waals surface area contributed by atoms with Crippen LogP contribution in [0.5, 0.6) is 5.88 Å². The van der Waals surface area contributed by atoms with Crippen LogP contribution in [0, 0.1) is 5.41 Å². The molecular formula is C13H19N3O4. The predicted octanol–water partition coefficient (Wildman–Crippen LogP) is 1.00. The number of nitrogens with zero attached hydrogens (tertiary/aromatic N) is 1. The molecule has 1 aromatic rings. The molecule has 0 saturated heterocycles. The zero-order chi connectivity index (χ0) is 15.2. The van der Waals surface area contributed by atoms with Gasteiger partial charge in [0.05, 0.1) is 12.5 Å². The fourth-order valence-corrected chi connectivity index (χ4v) is 1.26. The molecular weight excluding hydrogens is 262 g/mol. The zero-order valence-electron chi connectivity index (χ0n) is 11.8. The van der Waals surface area contributed by atoms with Gasteiger partial charge in [-0.2, -0.15) is 0 Å². The lowest BCUT2D eigenvalue weighted by atomic mass is 9.94. The van der Waals surface area contributed by atoms with E-state index in [1.807, 2.05) is 0 Å². The minimum absolute atomic E-state index is 0.0506. The topological polar surface area (TPSA) is 101 Å². The van der Waals surface area contributed by atoms with Gasteiger partial charge in [0, 0.05) is 25.4 Å². The molecule has 0 atom stereocenters. The maximum Gasteiger partial charge on any atom is 0.315 e. The number of ether oxygens (including phenoxy) is 1. The van der Waals surface area contributed by atoms with Crippen LogP contribution in [-0.4, -0.2) is 35.7 Å². The van der Waals surface area contributed by atoms with Crippen LogP contribution in [0.1, 0.15) is 19.4 Å². The Morgan fingerprint density at radius 1 is 1.35 bits per heavy atom. The minimum atomic E-state index is -1.00. The number of carbonyl (C=O) groups excluding carboxylic acids is 1. The van der Waals surface area contributed by atoms with Crippen molar-refractivity contribution in [2.45, 2.75) is 20.4 Å². The van der Waals surface area contributed by atoms with E-state index in [1.165, 1.54) is 7.11 Å². The van der Waals surface area contributed by atoms with E-state index in [4.69, 9.17) is 9.84 Å². The van der Waals surface area contributed by atoms with Crippen molar-refractivity contribution in [1.29, 1.82) is 0 Å². The Balaban J connectivity index is 2.38. The average molecular weight is 281 g/mol. The van der Waals surface area contributed by atoms with E-state index in [2.05, 4.69) is 15.6 Å². The Kier molecular flexibility index (Phi) is 5.31. The van der Waals surface area contributed by atoms with E-state index in [-0.39, 0.29) is 6.54 Å². The lowest BCUT2D eigenvalue weighted by molar-refractivity contribution is -0.146. The van der Waals surface area contributed by atoms with Crippen molar-refractivity contribution >= 4 is 12.0 Å². The van der Waals surface area contributed by atoms with Crippen LogP contribution in [-0.2, 0) is 11.3 Å². The molecule has 1 aromatic heterocycles. The molecule has 0 aliphatic rings. The minimum Gasteiger partial charge on any atom is -0.481 e. The van der Waals surface area contributed by atoms with Crippen LogP contribution in [0.2, 0.25) is 0 Å². The van der Waals surface area contributed by atoms with Crippen LogP contribution in [0.15, 0.2) is 18.3 Å². The fourth-order valence-electron chi connectivity index (χ4n) is 1.26. The Morgan fingerprint density at radius 2 is 2.05 bits per heavy atom. The second-order valence-corrected chi connectivity index (χ2v) is 4.93. The highest BCUT2D eigenvalue weighted by Crippen LogP contribution is 2.12. The number of amides is 2. The molecule has 0 bridgehead atoms. The number of hydrogen-bond acceptors (Lipinski definition) is 4. The first kappa shape index (κ1) is 15.7. The maximum absolute atomic E-state index is 11.5. The third kappa shape index (κ3) is 4.75. The summed E-state index contributed by atoms with van der Waals surface area (Å²) in [6.45, 7) is 3.44. The third-order valence-electron chi connectivity index (χ3n) is 2.73. The number of carboxylic acids is 1. The number of rotatable bonds is 6. The van der Waals surface area contributed by atoms with Crippen molar-refractivity contribution in [3.8, 4) is 5.88 Å². The van der Waals surface area contributed by atoms with Gasteiger partial charge in [0.15, 0.2) is 0 Å². The van der Waals surface area contributed by atoms with Crippen molar-refractivity contribution < 1.29 is 19.4 Å². The number of aromatic nitrogens is 1. The molecule has 0 radical (unpaired) electrons. The standard InChI is InChI=1S/C13H19N3O4/c1-13(2,11(17)18)8-16-12(19)15-7-9-4-5-10(20-3)14-6-9/h4-6H,7-8H2,1-3H3,(H,17,18)(H2,15,16,19). The fraction of sp³-hybridized carbons (Fsp3) is 0.462. The summed E-state index contributed by atoms with van der Waals surface area (Å²) in [5, 5.41) is 14.1. The summed E-state index contributed by atoms with van der Waals surface area (Å²) >= 11 is 0. The number of hydrogen-bond donors (Lipinski definition) is 3. The smallest absolute Gasteiger partial charge is 0.315 e. The van der Waals surface area contributed by atoms with E-state index in [1.54, 1.807) is 32.2 Å². The van der Waals surface area contributed by atoms with E-state index < -0.39 is 17.4 Å². The number of aliphatic carboxylic acids is 1. The van der Waals surface area contributed by atoms with Crippen LogP contribution in [0.4, 0.5) is 4.79 Å². The number of methoxy groups -OCH3 is 1. The average Bonchev–Trinajstić information content (AvgIpc) is 2.43. The van der Waals surface area contributed by atoms with E-state index >= 15 is 0 Å². The van der Waals surface area contributed by atoms with Crippen molar-refractivity contribution in [3.63, 3.8) is 0 Å². The molecule has 20 heavy (non-hydrogen) atoms. The number of carboxylic acid groups (broad SMARTS) is 1. The molecule has 0 saturated carbocycles. The van der Waals surface area contributed by atoms with E-state index in [0.717, 1.165) is 5.56 Å². The van der Waals surface area contributed by atoms with Gasteiger partial charge in [-0.15, -0.1) is 0 Å². The summed E-state index contributed by atoms with van der Waals surface area (Å²) in [7, 11) is 1.53. The van der Waals surface area contributed by atoms with Gasteiger partial charge in [-0.25, -0.2) is 9.78 Å². The lowest BCUT2D eigenvalue weighted by Crippen LogP contribution is -2.43. The summed E-state index contributed by atoms with van der Waals surface area (Å²) in [6, 6.07) is 3.06. The molecule has 7 nitrogen and oxygen atoms in total. The lowest BCUT2D eigenvalue weighted by Gasteiger charge is -2.19. The van der Waals surface area contributed by atoms with Gasteiger partial charge in [0.2, 0.25) is 5.88 Å². The van der Waals surface area contributed by atoms with Gasteiger partial charge in [0.1, 0.15) is 0 Å². The molecule has 0 unspecified atom stereocenters. The van der Waals surface area contributed by atoms with Gasteiger partial charge >= 0.3 is 12.0 Å². The van der Waals surface area contributed by atoms with Gasteiger partial charge in [-0.05, 0) is 19.4 Å². The largest absolute Gasteiger partial charge is 0.481 e. The van der Waals surface area contributed by atoms with Gasteiger partial charge in [-0.1, -0.05) is 6.07 Å². The van der Waals surface area contributed by atoms with Crippen LogP contribution in [0.3, 0.4) is 0 Å². The third-order valence-corrected chi connectivity index (χ3v) is 2.73. The van der Waals surface area contributed by atoms with Crippen molar-refractivity contribution in [3.05, 3.63) is 23.9 Å². The van der Waals surface area contributed by atoms with Crippen molar-refractivity contribution in [1.82, 2.24) is 15.6 Å². The Hall–Kier alpha value is -2.31. The molecule has 3 N–H and O–H groups in total. The normalized spacial score (nSPS) is 10.8. The molecule has 0 spiro atoms. The first-order valence-corrected chi connectivity index (χ1v) is 6.09. The Labute approximate surface area is 117 Å². The van der Waals surface area contributed by atoms with Gasteiger partial charge < -0.3 is 20.5 Å². The maximum atomic E-state index is 11.5. The Morgan fingerprint density at radius 3 is 2.55 bits per heavy atom. The molecule has 0 aromatic carbocycles. The van der Waals surface area contributed by atoms with Crippen LogP contribution in [0.25, 0.3) is 0 Å².